The molecule has 0 saturated carbocycles. The van der Waals surface area contributed by atoms with E-state index in [1.54, 1.807) is 37.4 Å². The number of hydrogen-bond donors (Lipinski definition) is 0. The Labute approximate surface area is 253 Å². The van der Waals surface area contributed by atoms with Crippen molar-refractivity contribution in [2.75, 3.05) is 26.9 Å². The van der Waals surface area contributed by atoms with Crippen LogP contribution < -0.4 is 19.8 Å². The molecule has 42 heavy (non-hydrogen) atoms. The fourth-order valence-electron chi connectivity index (χ4n) is 4.46. The van der Waals surface area contributed by atoms with Crippen LogP contribution in [0.1, 0.15) is 50.3 Å². The van der Waals surface area contributed by atoms with Gasteiger partial charge in [-0.15, -0.1) is 0 Å². The molecule has 0 aliphatic heterocycles. The van der Waals surface area contributed by atoms with Gasteiger partial charge in [-0.2, -0.15) is 9.78 Å². The topological polar surface area (TPSA) is 101 Å². The molecule has 0 radical (unpaired) electrons. The molecule has 3 aromatic carbocycles. The average molecular weight is 637 g/mol. The highest BCUT2D eigenvalue weighted by Crippen LogP contribution is 2.35. The zero-order valence-corrected chi connectivity index (χ0v) is 26.1. The lowest BCUT2D eigenvalue weighted by atomic mass is 9.96. The number of para-hydroxylation sites is 1. The number of nitrogens with zero attached hydrogens (tertiary/aromatic N) is 3. The van der Waals surface area contributed by atoms with Gasteiger partial charge in [0.1, 0.15) is 5.75 Å². The SMILES string of the molecule is CCOC(=O)COc1cc(Br)c(C=Nn2c(-c3cc(C(C)C)c(OCC)cc3C)nc3ccccc3c2=O)cc1OC. The molecule has 0 fully saturated rings. The zero-order chi connectivity index (χ0) is 30.4. The van der Waals surface area contributed by atoms with Crippen LogP contribution in [0.4, 0.5) is 0 Å². The highest BCUT2D eigenvalue weighted by Gasteiger charge is 2.19. The molecule has 10 heteroatoms. The molecule has 0 aliphatic carbocycles. The first-order valence-electron chi connectivity index (χ1n) is 13.7. The highest BCUT2D eigenvalue weighted by molar-refractivity contribution is 9.10. The standard InChI is InChI=1S/C32H34BrN3O6/c1-7-40-27-13-20(5)24(15-23(27)19(3)4)31-35-26-12-10-9-11-22(26)32(38)36(31)34-17-21-14-28(39-6)29(16-25(21)33)42-18-30(37)41-8-2/h9-17,19H,7-8,18H2,1-6H3. The van der Waals surface area contributed by atoms with Crippen LogP contribution in [0.5, 0.6) is 17.2 Å². The molecule has 0 atom stereocenters. The van der Waals surface area contributed by atoms with Crippen LogP contribution in [0.2, 0.25) is 0 Å². The van der Waals surface area contributed by atoms with Crippen LogP contribution in [0.25, 0.3) is 22.3 Å². The van der Waals surface area contributed by atoms with E-state index in [0.29, 0.717) is 44.9 Å². The van der Waals surface area contributed by atoms with Gasteiger partial charge < -0.3 is 18.9 Å². The predicted molar refractivity (Wildman–Crippen MR) is 167 cm³/mol. The molecular weight excluding hydrogens is 602 g/mol. The average Bonchev–Trinajstić information content (AvgIpc) is 2.96. The van der Waals surface area contributed by atoms with Crippen LogP contribution in [0.15, 0.2) is 62.9 Å². The second-order valence-corrected chi connectivity index (χ2v) is 10.6. The van der Waals surface area contributed by atoms with E-state index >= 15 is 0 Å². The van der Waals surface area contributed by atoms with Crippen LogP contribution >= 0.6 is 15.9 Å². The minimum absolute atomic E-state index is 0.183. The molecule has 4 rings (SSSR count). The third-order valence-electron chi connectivity index (χ3n) is 6.52. The molecule has 220 valence electrons. The largest absolute Gasteiger partial charge is 0.494 e. The van der Waals surface area contributed by atoms with E-state index in [1.165, 1.54) is 11.8 Å². The molecule has 9 nitrogen and oxygen atoms in total. The van der Waals surface area contributed by atoms with Gasteiger partial charge in [-0.3, -0.25) is 4.79 Å². The summed E-state index contributed by atoms with van der Waals surface area (Å²) in [5.41, 5.74) is 3.59. The van der Waals surface area contributed by atoms with Gasteiger partial charge in [-0.25, -0.2) is 9.78 Å². The fraction of sp³-hybridized carbons (Fsp3) is 0.312. The summed E-state index contributed by atoms with van der Waals surface area (Å²) in [5.74, 6) is 1.66. The number of esters is 1. The molecule has 0 unspecified atom stereocenters. The predicted octanol–water partition coefficient (Wildman–Crippen LogP) is 6.49. The number of rotatable bonds is 11. The van der Waals surface area contributed by atoms with E-state index in [2.05, 4.69) is 34.9 Å². The Morgan fingerprint density at radius 2 is 1.81 bits per heavy atom. The summed E-state index contributed by atoms with van der Waals surface area (Å²) in [5, 5.41) is 5.08. The summed E-state index contributed by atoms with van der Waals surface area (Å²) in [6.45, 7) is 10.4. The number of ether oxygens (including phenoxy) is 4. The van der Waals surface area contributed by atoms with Crippen molar-refractivity contribution in [1.29, 1.82) is 0 Å². The maximum atomic E-state index is 13.8. The van der Waals surface area contributed by atoms with Crippen LogP contribution in [0.3, 0.4) is 0 Å². The summed E-state index contributed by atoms with van der Waals surface area (Å²) >= 11 is 3.54. The van der Waals surface area contributed by atoms with Gasteiger partial charge in [0.25, 0.3) is 5.56 Å². The number of halogens is 1. The molecule has 0 saturated heterocycles. The Balaban J connectivity index is 1.85. The maximum Gasteiger partial charge on any atom is 0.344 e. The van der Waals surface area contributed by atoms with E-state index in [1.807, 2.05) is 38.1 Å². The molecule has 1 heterocycles. The van der Waals surface area contributed by atoms with Gasteiger partial charge in [-0.1, -0.05) is 26.0 Å². The Morgan fingerprint density at radius 3 is 2.50 bits per heavy atom. The highest BCUT2D eigenvalue weighted by atomic mass is 79.9. The monoisotopic (exact) mass is 635 g/mol. The van der Waals surface area contributed by atoms with Crippen molar-refractivity contribution in [3.63, 3.8) is 0 Å². The van der Waals surface area contributed by atoms with Crippen molar-refractivity contribution in [2.45, 2.75) is 40.5 Å². The smallest absolute Gasteiger partial charge is 0.344 e. The minimum Gasteiger partial charge on any atom is -0.494 e. The van der Waals surface area contributed by atoms with Crippen molar-refractivity contribution in [3.05, 3.63) is 80.0 Å². The van der Waals surface area contributed by atoms with Crippen molar-refractivity contribution < 1.29 is 23.7 Å². The van der Waals surface area contributed by atoms with E-state index in [-0.39, 0.29) is 24.7 Å². The number of methoxy groups -OCH3 is 1. The summed E-state index contributed by atoms with van der Waals surface area (Å²) in [4.78, 5) is 30.5. The zero-order valence-electron chi connectivity index (χ0n) is 24.6. The molecule has 0 N–H and O–H groups in total. The van der Waals surface area contributed by atoms with Gasteiger partial charge >= 0.3 is 5.97 Å². The van der Waals surface area contributed by atoms with Gasteiger partial charge in [0, 0.05) is 15.6 Å². The summed E-state index contributed by atoms with van der Waals surface area (Å²) in [7, 11) is 1.50. The second-order valence-electron chi connectivity index (χ2n) is 9.73. The van der Waals surface area contributed by atoms with Crippen molar-refractivity contribution in [3.8, 4) is 28.6 Å². The molecule has 0 amide bonds. The molecular formula is C32H34BrN3O6. The van der Waals surface area contributed by atoms with Gasteiger partial charge in [0.05, 0.1) is 37.4 Å². The Hall–Kier alpha value is -4.18. The molecule has 0 aliphatic rings. The minimum atomic E-state index is -0.484. The lowest BCUT2D eigenvalue weighted by Gasteiger charge is -2.18. The van der Waals surface area contributed by atoms with Gasteiger partial charge in [0.2, 0.25) is 0 Å². The summed E-state index contributed by atoms with van der Waals surface area (Å²) in [6.07, 6.45) is 1.55. The number of carbonyl (C=O) groups excluding carboxylic acids is 1. The lowest BCUT2D eigenvalue weighted by Crippen LogP contribution is -2.21. The molecule has 0 spiro atoms. The Morgan fingerprint density at radius 1 is 1.05 bits per heavy atom. The third-order valence-corrected chi connectivity index (χ3v) is 7.21. The third kappa shape index (κ3) is 6.65. The van der Waals surface area contributed by atoms with Crippen LogP contribution in [-0.2, 0) is 9.53 Å². The quantitative estimate of drug-likeness (QED) is 0.137. The van der Waals surface area contributed by atoms with E-state index in [0.717, 1.165) is 22.4 Å². The van der Waals surface area contributed by atoms with Gasteiger partial charge in [-0.05, 0) is 90.1 Å². The van der Waals surface area contributed by atoms with Crippen LogP contribution in [-0.4, -0.2) is 48.8 Å². The first-order chi connectivity index (χ1) is 20.2. The summed E-state index contributed by atoms with van der Waals surface area (Å²) in [6, 6.07) is 14.6. The maximum absolute atomic E-state index is 13.8. The normalized spacial score (nSPS) is 11.3. The van der Waals surface area contributed by atoms with Crippen molar-refractivity contribution >= 4 is 39.0 Å². The van der Waals surface area contributed by atoms with Crippen molar-refractivity contribution in [1.82, 2.24) is 9.66 Å². The number of aryl methyl sites for hydroxylation is 1. The fourth-order valence-corrected chi connectivity index (χ4v) is 4.88. The summed E-state index contributed by atoms with van der Waals surface area (Å²) < 4.78 is 23.9. The number of benzene rings is 3. The van der Waals surface area contributed by atoms with E-state index < -0.39 is 5.97 Å². The van der Waals surface area contributed by atoms with Crippen molar-refractivity contribution in [2.24, 2.45) is 5.10 Å². The molecule has 0 bridgehead atoms. The number of carbonyl (C=O) groups is 1. The lowest BCUT2D eigenvalue weighted by molar-refractivity contribution is -0.145. The first kappa shape index (κ1) is 30.8. The molecule has 4 aromatic rings. The van der Waals surface area contributed by atoms with Gasteiger partial charge in [0.15, 0.2) is 23.9 Å². The van der Waals surface area contributed by atoms with Crippen LogP contribution in [0, 0.1) is 6.92 Å². The van der Waals surface area contributed by atoms with E-state index in [9.17, 15) is 9.59 Å². The number of aromatic nitrogens is 2. The molecule has 1 aromatic heterocycles. The second kappa shape index (κ2) is 13.7. The number of hydrogen-bond acceptors (Lipinski definition) is 8. The Kier molecular flexibility index (Phi) is 10.0. The van der Waals surface area contributed by atoms with E-state index in [4.69, 9.17) is 23.9 Å². The Bertz CT molecular complexity index is 1700. The number of fused-ring (bicyclic) bond motifs is 1. The first-order valence-corrected chi connectivity index (χ1v) is 14.5.